The van der Waals surface area contributed by atoms with E-state index in [1.54, 1.807) is 24.7 Å². The molecule has 0 fully saturated rings. The van der Waals surface area contributed by atoms with Crippen LogP contribution in [0.1, 0.15) is 42.5 Å². The van der Waals surface area contributed by atoms with Crippen LogP contribution in [0.2, 0.25) is 0 Å². The molecule has 1 aromatic carbocycles. The molecule has 5 rings (SSSR count). The molecule has 1 N–H and O–H groups in total. The monoisotopic (exact) mass is 406 g/mol. The molecule has 0 saturated carbocycles. The van der Waals surface area contributed by atoms with Crippen LogP contribution in [0.25, 0.3) is 22.3 Å². The molecule has 0 radical (unpaired) electrons. The summed E-state index contributed by atoms with van der Waals surface area (Å²) in [6.07, 6.45) is 0.921. The Morgan fingerprint density at radius 2 is 2.07 bits per heavy atom. The van der Waals surface area contributed by atoms with Crippen molar-refractivity contribution in [2.75, 3.05) is 7.11 Å². The third-order valence-corrected chi connectivity index (χ3v) is 6.33. The molecule has 7 nitrogen and oxygen atoms in total. The minimum atomic E-state index is -1.81. The number of pyridine rings is 2. The number of nitrogens with zero attached hydrogens (tertiary/aromatic N) is 2. The maximum Gasteiger partial charge on any atom is 0.343 e. The molecule has 4 heterocycles. The molecule has 0 bridgehead atoms. The largest absolute Gasteiger partial charge is 0.496 e. The van der Waals surface area contributed by atoms with Crippen molar-refractivity contribution in [3.05, 3.63) is 56.9 Å². The molecule has 1 atom stereocenters. The lowest BCUT2D eigenvalue weighted by molar-refractivity contribution is -0.172. The van der Waals surface area contributed by atoms with Crippen molar-refractivity contribution in [1.29, 1.82) is 0 Å². The van der Waals surface area contributed by atoms with Crippen LogP contribution in [0.5, 0.6) is 5.75 Å². The van der Waals surface area contributed by atoms with Gasteiger partial charge in [0.1, 0.15) is 12.4 Å². The van der Waals surface area contributed by atoms with Crippen molar-refractivity contribution in [3.63, 3.8) is 0 Å². The topological polar surface area (TPSA) is 90.7 Å². The maximum absolute atomic E-state index is 13.2. The summed E-state index contributed by atoms with van der Waals surface area (Å²) >= 11 is 0. The lowest BCUT2D eigenvalue weighted by atomic mass is 9.86. The zero-order chi connectivity index (χ0) is 21.2. The molecule has 7 heteroatoms. The first-order valence-corrected chi connectivity index (χ1v) is 10.1. The molecule has 0 aliphatic carbocycles. The van der Waals surface area contributed by atoms with Gasteiger partial charge in [0.15, 0.2) is 5.60 Å². The van der Waals surface area contributed by atoms with E-state index in [0.29, 0.717) is 29.1 Å². The second kappa shape index (κ2) is 6.40. The first-order valence-electron chi connectivity index (χ1n) is 10.1. The van der Waals surface area contributed by atoms with Crippen LogP contribution >= 0.6 is 0 Å². The van der Waals surface area contributed by atoms with Crippen LogP contribution in [0.3, 0.4) is 0 Å². The molecule has 154 valence electrons. The lowest BCUT2D eigenvalue weighted by Gasteiger charge is -2.31. The molecule has 3 aromatic rings. The normalized spacial score (nSPS) is 19.3. The van der Waals surface area contributed by atoms with Gasteiger partial charge in [0.05, 0.1) is 36.1 Å². The summed E-state index contributed by atoms with van der Waals surface area (Å²) < 4.78 is 12.3. The molecule has 2 aliphatic rings. The SMILES string of the molecule is CCc1c(OC)ccc2nc3c(cc12)Cn1c-3cc2c(c1=O)COC(=O)[C@]2(O)CC. The molecule has 2 aliphatic heterocycles. The van der Waals surface area contributed by atoms with Gasteiger partial charge in [-0.3, -0.25) is 4.79 Å². The average molecular weight is 406 g/mol. The van der Waals surface area contributed by atoms with Crippen molar-refractivity contribution in [2.45, 2.75) is 45.4 Å². The number of methoxy groups -OCH3 is 1. The number of fused-ring (bicyclic) bond motifs is 5. The Bertz CT molecular complexity index is 1290. The summed E-state index contributed by atoms with van der Waals surface area (Å²) in [6.45, 7) is 4.03. The Hall–Kier alpha value is -3.19. The van der Waals surface area contributed by atoms with Gasteiger partial charge in [-0.15, -0.1) is 0 Å². The van der Waals surface area contributed by atoms with E-state index in [-0.39, 0.29) is 18.6 Å². The third kappa shape index (κ3) is 2.32. The summed E-state index contributed by atoms with van der Waals surface area (Å²) in [4.78, 5) is 30.3. The van der Waals surface area contributed by atoms with Gasteiger partial charge in [-0.2, -0.15) is 0 Å². The van der Waals surface area contributed by atoms with E-state index in [4.69, 9.17) is 14.5 Å². The van der Waals surface area contributed by atoms with Gasteiger partial charge in [-0.1, -0.05) is 13.8 Å². The minimum Gasteiger partial charge on any atom is -0.496 e. The maximum atomic E-state index is 13.2. The number of hydrogen-bond acceptors (Lipinski definition) is 6. The Balaban J connectivity index is 1.77. The Kier molecular flexibility index (Phi) is 4.02. The van der Waals surface area contributed by atoms with Gasteiger partial charge in [-0.05, 0) is 37.1 Å². The number of carbonyl (C=O) groups excluding carboxylic acids is 1. The molecule has 30 heavy (non-hydrogen) atoms. The number of esters is 1. The quantitative estimate of drug-likeness (QED) is 0.526. The van der Waals surface area contributed by atoms with E-state index in [1.165, 1.54) is 0 Å². The minimum absolute atomic E-state index is 0.124. The van der Waals surface area contributed by atoms with E-state index >= 15 is 0 Å². The van der Waals surface area contributed by atoms with Gasteiger partial charge >= 0.3 is 5.97 Å². The summed E-state index contributed by atoms with van der Waals surface area (Å²) in [5.41, 5.74) is 2.73. The van der Waals surface area contributed by atoms with Gasteiger partial charge in [0.2, 0.25) is 0 Å². The van der Waals surface area contributed by atoms with Gasteiger partial charge in [0, 0.05) is 22.1 Å². The fraction of sp³-hybridized carbons (Fsp3) is 0.348. The Morgan fingerprint density at radius 3 is 2.77 bits per heavy atom. The predicted molar refractivity (Wildman–Crippen MR) is 110 cm³/mol. The zero-order valence-corrected chi connectivity index (χ0v) is 17.1. The van der Waals surface area contributed by atoms with Crippen LogP contribution in [-0.2, 0) is 34.7 Å². The summed E-state index contributed by atoms with van der Waals surface area (Å²) in [7, 11) is 1.65. The third-order valence-electron chi connectivity index (χ3n) is 6.33. The van der Waals surface area contributed by atoms with Gasteiger partial charge in [-0.25, -0.2) is 9.78 Å². The van der Waals surface area contributed by atoms with Crippen molar-refractivity contribution in [1.82, 2.24) is 9.55 Å². The number of cyclic esters (lactones) is 1. The first kappa shape index (κ1) is 18.8. The predicted octanol–water partition coefficient (Wildman–Crippen LogP) is 2.65. The molecule has 0 saturated heterocycles. The Labute approximate surface area is 172 Å². The highest BCUT2D eigenvalue weighted by Gasteiger charge is 2.45. The van der Waals surface area contributed by atoms with Crippen LogP contribution in [0.15, 0.2) is 29.1 Å². The molecular formula is C23H22N2O5. The van der Waals surface area contributed by atoms with Crippen molar-refractivity contribution in [3.8, 4) is 17.1 Å². The number of aromatic nitrogens is 2. The second-order valence-corrected chi connectivity index (χ2v) is 7.77. The van der Waals surface area contributed by atoms with Crippen molar-refractivity contribution in [2.24, 2.45) is 0 Å². The van der Waals surface area contributed by atoms with Crippen LogP contribution in [-0.4, -0.2) is 27.7 Å². The summed E-state index contributed by atoms with van der Waals surface area (Å²) in [6, 6.07) is 7.61. The van der Waals surface area contributed by atoms with Gasteiger partial charge in [0.25, 0.3) is 5.56 Å². The van der Waals surface area contributed by atoms with Gasteiger partial charge < -0.3 is 19.1 Å². The summed E-state index contributed by atoms with van der Waals surface area (Å²) in [5, 5.41) is 11.9. The van der Waals surface area contributed by atoms with Crippen LogP contribution in [0, 0.1) is 0 Å². The van der Waals surface area contributed by atoms with Crippen LogP contribution in [0.4, 0.5) is 0 Å². The van der Waals surface area contributed by atoms with Crippen molar-refractivity contribution < 1.29 is 19.4 Å². The average Bonchev–Trinajstić information content (AvgIpc) is 3.12. The molecule has 0 spiro atoms. The number of hydrogen-bond donors (Lipinski definition) is 1. The summed E-state index contributed by atoms with van der Waals surface area (Å²) in [5.74, 6) is 0.102. The number of carbonyl (C=O) groups is 1. The highest BCUT2D eigenvalue weighted by Crippen LogP contribution is 2.39. The van der Waals surface area contributed by atoms with E-state index in [9.17, 15) is 14.7 Å². The number of aryl methyl sites for hydroxylation is 1. The smallest absolute Gasteiger partial charge is 0.343 e. The first-order chi connectivity index (χ1) is 14.4. The van der Waals surface area contributed by atoms with E-state index < -0.39 is 11.6 Å². The molecular weight excluding hydrogens is 384 g/mol. The standard InChI is InChI=1S/C23H22N2O5/c1-4-13-14-8-12-10-25-18(20(12)24-17(14)6-7-19(13)29-3)9-16-15(21(25)26)11-30-22(27)23(16,28)5-2/h6-9,28H,4-5,10-11H2,1-3H3/t23-/m0/s1. The van der Waals surface area contributed by atoms with Crippen molar-refractivity contribution >= 4 is 16.9 Å². The fourth-order valence-electron chi connectivity index (χ4n) is 4.65. The second-order valence-electron chi connectivity index (χ2n) is 7.77. The van der Waals surface area contributed by atoms with Crippen LogP contribution < -0.4 is 10.3 Å². The number of aliphatic hydroxyl groups is 1. The lowest BCUT2D eigenvalue weighted by Crippen LogP contribution is -2.44. The number of benzene rings is 1. The van der Waals surface area contributed by atoms with E-state index in [2.05, 4.69) is 13.0 Å². The number of ether oxygens (including phenoxy) is 2. The fourth-order valence-corrected chi connectivity index (χ4v) is 4.65. The zero-order valence-electron chi connectivity index (χ0n) is 17.1. The molecule has 0 unspecified atom stereocenters. The molecule has 2 aromatic heterocycles. The highest BCUT2D eigenvalue weighted by atomic mass is 16.6. The van der Waals surface area contributed by atoms with E-state index in [1.807, 2.05) is 12.1 Å². The molecule has 0 amide bonds. The van der Waals surface area contributed by atoms with E-state index in [0.717, 1.165) is 34.2 Å². The highest BCUT2D eigenvalue weighted by molar-refractivity contribution is 5.89. The number of rotatable bonds is 3. The Morgan fingerprint density at radius 1 is 1.27 bits per heavy atom.